The Kier molecular flexibility index (Phi) is 9.00. The molecule has 1 fully saturated rings. The smallest absolute Gasteiger partial charge is 0.309 e. The van der Waals surface area contributed by atoms with Crippen LogP contribution in [0.1, 0.15) is 61.5 Å². The molecule has 1 aliphatic carbocycles. The van der Waals surface area contributed by atoms with Gasteiger partial charge in [-0.2, -0.15) is 13.5 Å². The number of halogens is 2. The fourth-order valence-corrected chi connectivity index (χ4v) is 6.08. The number of aliphatic hydroxyl groups is 1. The van der Waals surface area contributed by atoms with E-state index in [4.69, 9.17) is 27.4 Å². The Morgan fingerprint density at radius 1 is 1.13 bits per heavy atom. The van der Waals surface area contributed by atoms with Crippen molar-refractivity contribution in [3.05, 3.63) is 63.8 Å². The molecule has 38 heavy (non-hydrogen) atoms. The van der Waals surface area contributed by atoms with Gasteiger partial charge in [0.05, 0.1) is 34.8 Å². The maximum atomic E-state index is 13.4. The zero-order valence-corrected chi connectivity index (χ0v) is 23.1. The van der Waals surface area contributed by atoms with Gasteiger partial charge in [0, 0.05) is 16.1 Å². The molecule has 2 N–H and O–H groups in total. The molecule has 12 heteroatoms. The van der Waals surface area contributed by atoms with Crippen LogP contribution in [0, 0.1) is 0 Å². The Labute approximate surface area is 231 Å². The van der Waals surface area contributed by atoms with Crippen LogP contribution in [0.2, 0.25) is 10.0 Å². The quantitative estimate of drug-likeness (QED) is 0.191. The molecule has 0 atom stereocenters. The van der Waals surface area contributed by atoms with E-state index in [2.05, 4.69) is 5.10 Å². The highest BCUT2D eigenvalue weighted by molar-refractivity contribution is 7.87. The van der Waals surface area contributed by atoms with Crippen LogP contribution < -0.4 is 4.18 Å². The van der Waals surface area contributed by atoms with Gasteiger partial charge >= 0.3 is 10.1 Å². The molecule has 4 rings (SSSR count). The van der Waals surface area contributed by atoms with Crippen molar-refractivity contribution >= 4 is 39.2 Å². The third-order valence-electron chi connectivity index (χ3n) is 6.42. The third kappa shape index (κ3) is 6.16. The summed E-state index contributed by atoms with van der Waals surface area (Å²) in [6.45, 7) is 1.19. The van der Waals surface area contributed by atoms with Crippen LogP contribution in [-0.2, 0) is 16.7 Å². The number of benzene rings is 2. The molecule has 0 aliphatic heterocycles. The lowest BCUT2D eigenvalue weighted by Gasteiger charge is -2.28. The minimum absolute atomic E-state index is 0.116. The fourth-order valence-electron chi connectivity index (χ4n) is 4.60. The van der Waals surface area contributed by atoms with Crippen LogP contribution in [0.4, 0.5) is 0 Å². The molecule has 1 heterocycles. The number of hydrogen-bond acceptors (Lipinski definition) is 7. The van der Waals surface area contributed by atoms with E-state index >= 15 is 0 Å². The first kappa shape index (κ1) is 28.4. The van der Waals surface area contributed by atoms with Crippen molar-refractivity contribution in [1.29, 1.82) is 0 Å². The molecule has 0 saturated heterocycles. The topological polar surface area (TPSA) is 122 Å². The highest BCUT2D eigenvalue weighted by atomic mass is 35.5. The number of carbonyl (C=O) groups excluding carboxylic acids is 1. The second-order valence-corrected chi connectivity index (χ2v) is 11.7. The molecule has 3 aromatic rings. The van der Waals surface area contributed by atoms with Gasteiger partial charge in [0.1, 0.15) is 5.75 Å². The van der Waals surface area contributed by atoms with Crippen LogP contribution in [0.5, 0.6) is 5.75 Å². The van der Waals surface area contributed by atoms with E-state index in [9.17, 15) is 23.5 Å². The highest BCUT2D eigenvalue weighted by Gasteiger charge is 2.32. The summed E-state index contributed by atoms with van der Waals surface area (Å²) in [7, 11) is -3.73. The summed E-state index contributed by atoms with van der Waals surface area (Å²) in [5.41, 5.74) is 1.32. The van der Waals surface area contributed by atoms with E-state index in [-0.39, 0.29) is 33.8 Å². The molecular weight excluding hydrogens is 553 g/mol. The number of hydroxylamine groups is 2. The van der Waals surface area contributed by atoms with Gasteiger partial charge in [-0.1, -0.05) is 49.4 Å². The van der Waals surface area contributed by atoms with Crippen molar-refractivity contribution < 1.29 is 27.7 Å². The molecule has 0 spiro atoms. The summed E-state index contributed by atoms with van der Waals surface area (Å²) in [5, 5.41) is 27.0. The monoisotopic (exact) mass is 581 g/mol. The van der Waals surface area contributed by atoms with Crippen molar-refractivity contribution in [2.24, 2.45) is 0 Å². The lowest BCUT2D eigenvalue weighted by molar-refractivity contribution is -0.0968. The van der Waals surface area contributed by atoms with Gasteiger partial charge in [0.25, 0.3) is 5.91 Å². The van der Waals surface area contributed by atoms with Gasteiger partial charge in [-0.25, -0.2) is 9.75 Å². The predicted octanol–water partition coefficient (Wildman–Crippen LogP) is 5.62. The summed E-state index contributed by atoms with van der Waals surface area (Å²) in [6.07, 6.45) is 4.63. The van der Waals surface area contributed by atoms with Crippen LogP contribution in [0.15, 0.2) is 42.5 Å². The summed E-state index contributed by atoms with van der Waals surface area (Å²) >= 11 is 12.6. The predicted molar refractivity (Wildman–Crippen MR) is 144 cm³/mol. The Morgan fingerprint density at radius 2 is 1.82 bits per heavy atom. The lowest BCUT2D eigenvalue weighted by atomic mass is 9.95. The zero-order valence-electron chi connectivity index (χ0n) is 20.8. The lowest BCUT2D eigenvalue weighted by Crippen LogP contribution is -2.39. The van der Waals surface area contributed by atoms with Gasteiger partial charge in [-0.15, -0.1) is 0 Å². The Balaban J connectivity index is 1.81. The normalized spacial score (nSPS) is 14.4. The van der Waals surface area contributed by atoms with Crippen molar-refractivity contribution in [3.8, 4) is 22.7 Å². The van der Waals surface area contributed by atoms with Crippen LogP contribution in [0.25, 0.3) is 16.9 Å². The minimum Gasteiger partial charge on any atom is -0.392 e. The van der Waals surface area contributed by atoms with E-state index < -0.39 is 22.6 Å². The summed E-state index contributed by atoms with van der Waals surface area (Å²) in [4.78, 5) is 13.4. The van der Waals surface area contributed by atoms with Crippen molar-refractivity contribution in [2.75, 3.05) is 5.75 Å². The second-order valence-electron chi connectivity index (χ2n) is 9.15. The van der Waals surface area contributed by atoms with E-state index in [0.29, 0.717) is 46.3 Å². The number of aromatic nitrogens is 2. The molecule has 0 bridgehead atoms. The third-order valence-corrected chi connectivity index (χ3v) is 8.31. The maximum absolute atomic E-state index is 13.4. The molecule has 204 valence electrons. The van der Waals surface area contributed by atoms with Gasteiger partial charge in [-0.05, 0) is 61.7 Å². The molecule has 1 amide bonds. The van der Waals surface area contributed by atoms with Gasteiger partial charge < -0.3 is 9.29 Å². The van der Waals surface area contributed by atoms with Crippen molar-refractivity contribution in [2.45, 2.75) is 58.1 Å². The van der Waals surface area contributed by atoms with Gasteiger partial charge in [0.15, 0.2) is 5.69 Å². The number of hydrogen-bond donors (Lipinski definition) is 2. The maximum Gasteiger partial charge on any atom is 0.309 e. The number of amides is 1. The Bertz CT molecular complexity index is 1400. The molecule has 9 nitrogen and oxygen atoms in total. The average Bonchev–Trinajstić information content (AvgIpc) is 3.27. The van der Waals surface area contributed by atoms with E-state index in [1.54, 1.807) is 31.2 Å². The number of nitrogens with zero attached hydrogens (tertiary/aromatic N) is 3. The minimum atomic E-state index is -3.73. The number of carbonyl (C=O) groups is 1. The molecule has 1 aliphatic rings. The van der Waals surface area contributed by atoms with Crippen molar-refractivity contribution in [1.82, 2.24) is 14.8 Å². The average molecular weight is 583 g/mol. The largest absolute Gasteiger partial charge is 0.392 e. The van der Waals surface area contributed by atoms with Crippen LogP contribution >= 0.6 is 23.2 Å². The summed E-state index contributed by atoms with van der Waals surface area (Å²) < 4.78 is 30.7. The van der Waals surface area contributed by atoms with E-state index in [1.165, 1.54) is 22.9 Å². The Morgan fingerprint density at radius 3 is 2.42 bits per heavy atom. The molecule has 2 aromatic carbocycles. The first-order valence-electron chi connectivity index (χ1n) is 12.4. The molecule has 1 saturated carbocycles. The molecule has 0 radical (unpaired) electrons. The van der Waals surface area contributed by atoms with E-state index in [1.807, 2.05) is 0 Å². The highest BCUT2D eigenvalue weighted by Crippen LogP contribution is 2.35. The summed E-state index contributed by atoms with van der Waals surface area (Å²) in [5.74, 6) is -0.717. The molecular formula is C26H29Cl2N3O6S. The zero-order chi connectivity index (χ0) is 27.4. The first-order valence-corrected chi connectivity index (χ1v) is 14.7. The standard InChI is InChI=1S/C26H29Cl2N3O6S/c1-2-14-38(35,36)37-20-11-8-17(9-12-20)25-21(16-32)24(26(33)31(34)19-6-4-3-5-7-19)29-30(25)23-13-10-18(27)15-22(23)28/h8-13,15,19,32,34H,2-7,14,16H2,1H3. The first-order chi connectivity index (χ1) is 18.1. The van der Waals surface area contributed by atoms with E-state index in [0.717, 1.165) is 19.3 Å². The molecule has 1 aromatic heterocycles. The number of aliphatic hydroxyl groups excluding tert-OH is 1. The summed E-state index contributed by atoms with van der Waals surface area (Å²) in [6, 6.07) is 10.6. The Hall–Kier alpha value is -2.63. The molecule has 0 unspecified atom stereocenters. The van der Waals surface area contributed by atoms with Crippen LogP contribution in [0.3, 0.4) is 0 Å². The van der Waals surface area contributed by atoms with Gasteiger partial charge in [0.2, 0.25) is 0 Å². The second kappa shape index (κ2) is 12.0. The fraction of sp³-hybridized carbons (Fsp3) is 0.385. The van der Waals surface area contributed by atoms with Crippen LogP contribution in [-0.4, -0.2) is 51.3 Å². The van der Waals surface area contributed by atoms with Gasteiger partial charge in [-0.3, -0.25) is 10.0 Å². The number of rotatable bonds is 9. The van der Waals surface area contributed by atoms with Crippen molar-refractivity contribution in [3.63, 3.8) is 0 Å². The SMILES string of the molecule is CCCS(=O)(=O)Oc1ccc(-c2c(CO)c(C(=O)N(O)C3CCCCC3)nn2-c2ccc(Cl)cc2Cl)cc1.